The number of thiazole rings is 1. The molecular formula is C20H14N2S. The molecule has 0 aliphatic heterocycles. The third-order valence-corrected chi connectivity index (χ3v) is 4.41. The van der Waals surface area contributed by atoms with Crippen molar-refractivity contribution in [2.45, 2.75) is 0 Å². The van der Waals surface area contributed by atoms with Crippen LogP contribution < -0.4 is 0 Å². The van der Waals surface area contributed by atoms with Gasteiger partial charge in [0.2, 0.25) is 5.13 Å². The lowest BCUT2D eigenvalue weighted by Gasteiger charge is -1.98. The van der Waals surface area contributed by atoms with Crippen molar-refractivity contribution >= 4 is 33.5 Å². The Hall–Kier alpha value is -2.78. The van der Waals surface area contributed by atoms with Gasteiger partial charge in [-0.1, -0.05) is 66.7 Å². The van der Waals surface area contributed by atoms with Gasteiger partial charge in [0.1, 0.15) is 0 Å². The molecule has 0 spiro atoms. The van der Waals surface area contributed by atoms with Crippen LogP contribution in [-0.4, -0.2) is 11.2 Å². The van der Waals surface area contributed by atoms with E-state index in [0.717, 1.165) is 22.0 Å². The van der Waals surface area contributed by atoms with Gasteiger partial charge in [0.15, 0.2) is 0 Å². The maximum atomic E-state index is 4.58. The van der Waals surface area contributed by atoms with Crippen LogP contribution in [0.25, 0.3) is 22.0 Å². The molecule has 4 rings (SSSR count). The predicted octanol–water partition coefficient (Wildman–Crippen LogP) is 5.71. The summed E-state index contributed by atoms with van der Waals surface area (Å²) in [5.74, 6) is 0. The second-order valence-electron chi connectivity index (χ2n) is 5.25. The average molecular weight is 314 g/mol. The Kier molecular flexibility index (Phi) is 3.70. The molecule has 0 radical (unpaired) electrons. The van der Waals surface area contributed by atoms with Crippen molar-refractivity contribution in [3.8, 4) is 11.3 Å². The lowest BCUT2D eigenvalue weighted by atomic mass is 10.1. The van der Waals surface area contributed by atoms with Crippen molar-refractivity contribution in [3.05, 3.63) is 83.7 Å². The van der Waals surface area contributed by atoms with Gasteiger partial charge < -0.3 is 0 Å². The van der Waals surface area contributed by atoms with Gasteiger partial charge in [0, 0.05) is 17.2 Å². The largest absolute Gasteiger partial charge is 0.227 e. The van der Waals surface area contributed by atoms with Gasteiger partial charge in [0.05, 0.1) is 5.69 Å². The van der Waals surface area contributed by atoms with Crippen LogP contribution in [0.5, 0.6) is 0 Å². The highest BCUT2D eigenvalue weighted by Crippen LogP contribution is 2.26. The molecule has 0 N–H and O–H groups in total. The van der Waals surface area contributed by atoms with Crippen LogP contribution in [0.15, 0.2) is 83.2 Å². The van der Waals surface area contributed by atoms with Crippen LogP contribution in [-0.2, 0) is 0 Å². The van der Waals surface area contributed by atoms with E-state index in [1.807, 2.05) is 29.8 Å². The lowest BCUT2D eigenvalue weighted by Crippen LogP contribution is -1.81. The molecular weight excluding hydrogens is 300 g/mol. The Balaban J connectivity index is 1.59. The van der Waals surface area contributed by atoms with E-state index in [1.54, 1.807) is 11.3 Å². The molecule has 23 heavy (non-hydrogen) atoms. The molecule has 3 heteroatoms. The first-order chi connectivity index (χ1) is 11.4. The zero-order chi connectivity index (χ0) is 15.5. The summed E-state index contributed by atoms with van der Waals surface area (Å²) in [7, 11) is 0. The first-order valence-corrected chi connectivity index (χ1v) is 8.30. The molecule has 0 unspecified atom stereocenters. The van der Waals surface area contributed by atoms with E-state index >= 15 is 0 Å². The molecule has 0 saturated heterocycles. The third-order valence-electron chi connectivity index (χ3n) is 3.66. The fourth-order valence-corrected chi connectivity index (χ4v) is 3.15. The fraction of sp³-hybridized carbons (Fsp3) is 0. The molecule has 0 atom stereocenters. The van der Waals surface area contributed by atoms with E-state index in [2.05, 4.69) is 64.6 Å². The van der Waals surface area contributed by atoms with Crippen LogP contribution in [0.2, 0.25) is 0 Å². The monoisotopic (exact) mass is 314 g/mol. The van der Waals surface area contributed by atoms with Crippen molar-refractivity contribution in [2.75, 3.05) is 0 Å². The third kappa shape index (κ3) is 3.05. The first-order valence-electron chi connectivity index (χ1n) is 7.42. The van der Waals surface area contributed by atoms with Crippen molar-refractivity contribution in [1.82, 2.24) is 4.98 Å². The Bertz CT molecular complexity index is 971. The van der Waals surface area contributed by atoms with Crippen molar-refractivity contribution in [2.24, 2.45) is 4.99 Å². The molecule has 0 saturated carbocycles. The summed E-state index contributed by atoms with van der Waals surface area (Å²) in [6, 6.07) is 24.8. The van der Waals surface area contributed by atoms with Gasteiger partial charge in [-0.25, -0.2) is 9.98 Å². The number of fused-ring (bicyclic) bond motifs is 1. The zero-order valence-corrected chi connectivity index (χ0v) is 13.2. The smallest absolute Gasteiger partial charge is 0.209 e. The molecule has 0 aliphatic rings. The molecule has 1 heterocycles. The maximum absolute atomic E-state index is 4.58. The minimum absolute atomic E-state index is 0.775. The predicted molar refractivity (Wildman–Crippen MR) is 98.8 cm³/mol. The highest BCUT2D eigenvalue weighted by Gasteiger charge is 2.02. The van der Waals surface area contributed by atoms with E-state index in [0.29, 0.717) is 0 Å². The van der Waals surface area contributed by atoms with Gasteiger partial charge >= 0.3 is 0 Å². The molecule has 0 aliphatic carbocycles. The minimum atomic E-state index is 0.775. The normalized spacial score (nSPS) is 11.3. The highest BCUT2D eigenvalue weighted by molar-refractivity contribution is 7.13. The van der Waals surface area contributed by atoms with Crippen LogP contribution >= 0.6 is 11.3 Å². The molecule has 0 bridgehead atoms. The van der Waals surface area contributed by atoms with Crippen LogP contribution in [0, 0.1) is 0 Å². The Morgan fingerprint density at radius 1 is 0.826 bits per heavy atom. The SMILES string of the molecule is C(=Nc1nc(-c2ccccc2)cs1)c1ccc2ccccc2c1. The van der Waals surface area contributed by atoms with Gasteiger partial charge in [-0.2, -0.15) is 0 Å². The topological polar surface area (TPSA) is 25.2 Å². The summed E-state index contributed by atoms with van der Waals surface area (Å²) in [4.78, 5) is 9.09. The Morgan fingerprint density at radius 2 is 1.61 bits per heavy atom. The molecule has 3 aromatic carbocycles. The van der Waals surface area contributed by atoms with Gasteiger partial charge in [-0.3, -0.25) is 0 Å². The quantitative estimate of drug-likeness (QED) is 0.444. The summed E-state index contributed by atoms with van der Waals surface area (Å²) in [6.45, 7) is 0. The molecule has 2 nitrogen and oxygen atoms in total. The molecule has 110 valence electrons. The number of aliphatic imine (C=N–C) groups is 1. The lowest BCUT2D eigenvalue weighted by molar-refractivity contribution is 1.36. The molecule has 4 aromatic rings. The van der Waals surface area contributed by atoms with Crippen molar-refractivity contribution in [1.29, 1.82) is 0 Å². The van der Waals surface area contributed by atoms with E-state index in [4.69, 9.17) is 0 Å². The van der Waals surface area contributed by atoms with Crippen molar-refractivity contribution in [3.63, 3.8) is 0 Å². The number of hydrogen-bond acceptors (Lipinski definition) is 3. The van der Waals surface area contributed by atoms with Crippen molar-refractivity contribution < 1.29 is 0 Å². The van der Waals surface area contributed by atoms with E-state index in [-0.39, 0.29) is 0 Å². The summed E-state index contributed by atoms with van der Waals surface area (Å²) in [5, 5.41) is 5.28. The van der Waals surface area contributed by atoms with E-state index in [9.17, 15) is 0 Å². The average Bonchev–Trinajstić information content (AvgIpc) is 3.10. The Labute approximate surface area is 138 Å². The number of nitrogens with zero attached hydrogens (tertiary/aromatic N) is 2. The summed E-state index contributed by atoms with van der Waals surface area (Å²) < 4.78 is 0. The van der Waals surface area contributed by atoms with E-state index in [1.165, 1.54) is 10.8 Å². The standard InChI is InChI=1S/C20H14N2S/c1-2-7-17(8-3-1)19-14-23-20(22-19)21-13-15-10-11-16-6-4-5-9-18(16)12-15/h1-14H. The van der Waals surface area contributed by atoms with E-state index < -0.39 is 0 Å². The van der Waals surface area contributed by atoms with Gasteiger partial charge in [-0.15, -0.1) is 11.3 Å². The Morgan fingerprint density at radius 3 is 2.48 bits per heavy atom. The molecule has 0 fully saturated rings. The second kappa shape index (κ2) is 6.15. The minimum Gasteiger partial charge on any atom is -0.227 e. The number of hydrogen-bond donors (Lipinski definition) is 0. The van der Waals surface area contributed by atoms with Gasteiger partial charge in [0.25, 0.3) is 0 Å². The zero-order valence-electron chi connectivity index (χ0n) is 12.4. The number of aromatic nitrogens is 1. The first kappa shape index (κ1) is 13.9. The van der Waals surface area contributed by atoms with Gasteiger partial charge in [-0.05, 0) is 22.4 Å². The molecule has 1 aromatic heterocycles. The maximum Gasteiger partial charge on any atom is 0.209 e. The second-order valence-corrected chi connectivity index (χ2v) is 6.08. The molecule has 0 amide bonds. The van der Waals surface area contributed by atoms with Crippen LogP contribution in [0.3, 0.4) is 0 Å². The number of rotatable bonds is 3. The number of benzene rings is 3. The van der Waals surface area contributed by atoms with Crippen LogP contribution in [0.1, 0.15) is 5.56 Å². The summed E-state index contributed by atoms with van der Waals surface area (Å²) in [6.07, 6.45) is 1.88. The van der Waals surface area contributed by atoms with Crippen LogP contribution in [0.4, 0.5) is 5.13 Å². The summed E-state index contributed by atoms with van der Waals surface area (Å²) in [5.41, 5.74) is 3.18. The summed E-state index contributed by atoms with van der Waals surface area (Å²) >= 11 is 1.56. The fourth-order valence-electron chi connectivity index (χ4n) is 2.48. The highest BCUT2D eigenvalue weighted by atomic mass is 32.1.